The molecule has 0 spiro atoms. The van der Waals surface area contributed by atoms with Crippen LogP contribution in [0.2, 0.25) is 0 Å². The number of oxime groups is 1. The van der Waals surface area contributed by atoms with Crippen molar-refractivity contribution >= 4 is 17.7 Å². The first kappa shape index (κ1) is 16.8. The van der Waals surface area contributed by atoms with Gasteiger partial charge in [0.1, 0.15) is 17.6 Å². The van der Waals surface area contributed by atoms with Gasteiger partial charge < -0.3 is 14.5 Å². The zero-order valence-electron chi connectivity index (χ0n) is 14.4. The van der Waals surface area contributed by atoms with E-state index in [4.69, 9.17) is 9.57 Å². The van der Waals surface area contributed by atoms with Crippen LogP contribution in [0.15, 0.2) is 29.4 Å². The predicted octanol–water partition coefficient (Wildman–Crippen LogP) is 1.94. The molecule has 2 aliphatic heterocycles. The Bertz CT molecular complexity index is 595. The summed E-state index contributed by atoms with van der Waals surface area (Å²) in [7, 11) is 0. The fraction of sp³-hybridized carbons (Fsp3) is 0.556. The summed E-state index contributed by atoms with van der Waals surface area (Å²) in [6.07, 6.45) is 1.57. The topological polar surface area (TPSA) is 54.4 Å². The van der Waals surface area contributed by atoms with Crippen molar-refractivity contribution in [1.29, 1.82) is 0 Å². The van der Waals surface area contributed by atoms with Crippen molar-refractivity contribution in [2.24, 2.45) is 5.16 Å². The number of carbonyl (C=O) groups is 1. The highest BCUT2D eigenvalue weighted by Gasteiger charge is 2.26. The molecule has 1 aromatic carbocycles. The van der Waals surface area contributed by atoms with Crippen LogP contribution < -0.4 is 9.64 Å². The molecule has 0 radical (unpaired) electrons. The fourth-order valence-corrected chi connectivity index (χ4v) is 3.15. The second-order valence-electron chi connectivity index (χ2n) is 6.55. The highest BCUT2D eigenvalue weighted by molar-refractivity contribution is 6.28. The van der Waals surface area contributed by atoms with E-state index in [1.165, 1.54) is 0 Å². The number of aldehydes is 1. The Balaban J connectivity index is 1.53. The molecule has 3 rings (SSSR count). The van der Waals surface area contributed by atoms with Crippen molar-refractivity contribution < 1.29 is 14.4 Å². The van der Waals surface area contributed by atoms with Crippen LogP contribution in [0.25, 0.3) is 0 Å². The van der Waals surface area contributed by atoms with Gasteiger partial charge in [0, 0.05) is 39.1 Å². The van der Waals surface area contributed by atoms with E-state index in [-0.39, 0.29) is 12.2 Å². The summed E-state index contributed by atoms with van der Waals surface area (Å²) >= 11 is 0. The minimum absolute atomic E-state index is 0.00769. The van der Waals surface area contributed by atoms with Crippen molar-refractivity contribution in [2.75, 3.05) is 37.6 Å². The molecule has 1 saturated heterocycles. The first-order valence-corrected chi connectivity index (χ1v) is 8.56. The third-order valence-corrected chi connectivity index (χ3v) is 4.29. The van der Waals surface area contributed by atoms with Crippen LogP contribution >= 0.6 is 0 Å². The van der Waals surface area contributed by atoms with Gasteiger partial charge in [0.05, 0.1) is 11.8 Å². The number of para-hydroxylation sites is 2. The van der Waals surface area contributed by atoms with E-state index in [0.717, 1.165) is 50.4 Å². The van der Waals surface area contributed by atoms with E-state index >= 15 is 0 Å². The summed E-state index contributed by atoms with van der Waals surface area (Å²) in [6, 6.07) is 8.23. The largest absolute Gasteiger partial charge is 0.489 e. The maximum atomic E-state index is 10.7. The number of hydrogen-bond acceptors (Lipinski definition) is 6. The van der Waals surface area contributed by atoms with Gasteiger partial charge in [0.25, 0.3) is 0 Å². The number of anilines is 1. The lowest BCUT2D eigenvalue weighted by molar-refractivity contribution is -0.102. The number of rotatable bonds is 6. The summed E-state index contributed by atoms with van der Waals surface area (Å²) in [5.41, 5.74) is 1.67. The van der Waals surface area contributed by atoms with Crippen molar-refractivity contribution in [3.05, 3.63) is 24.3 Å². The molecular formula is C18H25N3O3. The molecule has 2 aliphatic rings. The first-order valence-electron chi connectivity index (χ1n) is 8.56. The van der Waals surface area contributed by atoms with Crippen LogP contribution in [0.5, 0.6) is 5.75 Å². The molecule has 0 saturated carbocycles. The van der Waals surface area contributed by atoms with Crippen molar-refractivity contribution in [3.63, 3.8) is 0 Å². The molecule has 24 heavy (non-hydrogen) atoms. The van der Waals surface area contributed by atoms with E-state index in [2.05, 4.69) is 27.1 Å². The van der Waals surface area contributed by atoms with E-state index in [9.17, 15) is 4.79 Å². The van der Waals surface area contributed by atoms with Crippen LogP contribution in [0.1, 0.15) is 20.3 Å². The van der Waals surface area contributed by atoms with Crippen LogP contribution in [-0.2, 0) is 9.63 Å². The third kappa shape index (κ3) is 4.06. The predicted molar refractivity (Wildman–Crippen MR) is 93.8 cm³/mol. The number of piperazine rings is 1. The van der Waals surface area contributed by atoms with Gasteiger partial charge >= 0.3 is 0 Å². The summed E-state index contributed by atoms with van der Waals surface area (Å²) in [6.45, 7) is 8.74. The molecule has 0 bridgehead atoms. The van der Waals surface area contributed by atoms with Gasteiger partial charge in [-0.3, -0.25) is 9.69 Å². The Hall–Kier alpha value is -2.08. The van der Waals surface area contributed by atoms with Gasteiger partial charge in [-0.25, -0.2) is 0 Å². The lowest BCUT2D eigenvalue weighted by atomic mass is 10.1. The molecule has 0 amide bonds. The second-order valence-corrected chi connectivity index (χ2v) is 6.55. The summed E-state index contributed by atoms with van der Waals surface area (Å²) in [4.78, 5) is 20.8. The maximum Gasteiger partial charge on any atom is 0.167 e. The molecule has 2 heterocycles. The quantitative estimate of drug-likeness (QED) is 0.746. The number of ether oxygens (including phenoxy) is 1. The first-order chi connectivity index (χ1) is 11.7. The van der Waals surface area contributed by atoms with Crippen molar-refractivity contribution in [2.45, 2.75) is 32.5 Å². The van der Waals surface area contributed by atoms with E-state index in [1.807, 2.05) is 26.0 Å². The summed E-state index contributed by atoms with van der Waals surface area (Å²) < 4.78 is 5.93. The number of nitrogens with zero attached hydrogens (tertiary/aromatic N) is 3. The SMILES string of the molecule is CC(C)Oc1ccccc1N1CCN(CC2CC(C=O)=NO2)CC1. The molecule has 1 aromatic rings. The second kappa shape index (κ2) is 7.66. The van der Waals surface area contributed by atoms with E-state index in [0.29, 0.717) is 12.1 Å². The molecule has 130 valence electrons. The highest BCUT2D eigenvalue weighted by atomic mass is 16.6. The Kier molecular flexibility index (Phi) is 5.35. The Morgan fingerprint density at radius 1 is 1.29 bits per heavy atom. The van der Waals surface area contributed by atoms with Gasteiger partial charge in [-0.05, 0) is 26.0 Å². The molecule has 0 N–H and O–H groups in total. The summed E-state index contributed by atoms with van der Waals surface area (Å²) in [5, 5.41) is 3.80. The van der Waals surface area contributed by atoms with Gasteiger partial charge in [-0.1, -0.05) is 17.3 Å². The average molecular weight is 331 g/mol. The lowest BCUT2D eigenvalue weighted by Crippen LogP contribution is -2.48. The molecule has 6 nitrogen and oxygen atoms in total. The molecule has 1 unspecified atom stereocenters. The zero-order valence-corrected chi connectivity index (χ0v) is 14.4. The Labute approximate surface area is 143 Å². The fourth-order valence-electron chi connectivity index (χ4n) is 3.15. The lowest BCUT2D eigenvalue weighted by Gasteiger charge is -2.37. The molecular weight excluding hydrogens is 306 g/mol. The van der Waals surface area contributed by atoms with Crippen LogP contribution in [0, 0.1) is 0 Å². The smallest absolute Gasteiger partial charge is 0.167 e. The minimum Gasteiger partial charge on any atom is -0.489 e. The van der Waals surface area contributed by atoms with Crippen LogP contribution in [0.3, 0.4) is 0 Å². The zero-order chi connectivity index (χ0) is 16.9. The van der Waals surface area contributed by atoms with Crippen molar-refractivity contribution in [3.8, 4) is 5.75 Å². The van der Waals surface area contributed by atoms with Crippen LogP contribution in [0.4, 0.5) is 5.69 Å². The normalized spacial score (nSPS) is 21.5. The number of benzene rings is 1. The standard InChI is InChI=1S/C18H25N3O3/c1-14(2)23-18-6-4-3-5-17(18)21-9-7-20(8-10-21)12-16-11-15(13-22)19-24-16/h3-6,13-14,16H,7-12H2,1-2H3. The monoisotopic (exact) mass is 331 g/mol. The van der Waals surface area contributed by atoms with E-state index in [1.54, 1.807) is 0 Å². The van der Waals surface area contributed by atoms with Crippen LogP contribution in [-0.4, -0.2) is 61.8 Å². The van der Waals surface area contributed by atoms with Gasteiger partial charge in [0.2, 0.25) is 0 Å². The minimum atomic E-state index is 0.00769. The third-order valence-electron chi connectivity index (χ3n) is 4.29. The number of carbonyl (C=O) groups excluding carboxylic acids is 1. The molecule has 6 heteroatoms. The molecule has 0 aromatic heterocycles. The average Bonchev–Trinajstić information content (AvgIpc) is 3.03. The molecule has 0 aliphatic carbocycles. The number of hydrogen-bond donors (Lipinski definition) is 0. The molecule has 1 atom stereocenters. The van der Waals surface area contributed by atoms with Gasteiger partial charge in [-0.2, -0.15) is 0 Å². The summed E-state index contributed by atoms with van der Waals surface area (Å²) in [5.74, 6) is 0.948. The van der Waals surface area contributed by atoms with E-state index < -0.39 is 0 Å². The molecule has 1 fully saturated rings. The Morgan fingerprint density at radius 3 is 2.71 bits per heavy atom. The maximum absolute atomic E-state index is 10.7. The van der Waals surface area contributed by atoms with Crippen molar-refractivity contribution in [1.82, 2.24) is 4.90 Å². The van der Waals surface area contributed by atoms with Gasteiger partial charge in [0.15, 0.2) is 6.29 Å². The Morgan fingerprint density at radius 2 is 2.04 bits per heavy atom. The highest BCUT2D eigenvalue weighted by Crippen LogP contribution is 2.29. The van der Waals surface area contributed by atoms with Gasteiger partial charge in [-0.15, -0.1) is 0 Å².